The predicted molar refractivity (Wildman–Crippen MR) is 82.2 cm³/mol. The number of nitrogens with two attached hydrogens (primary N) is 1. The van der Waals surface area contributed by atoms with Crippen molar-refractivity contribution in [3.05, 3.63) is 12.3 Å². The fourth-order valence-electron chi connectivity index (χ4n) is 3.28. The van der Waals surface area contributed by atoms with Gasteiger partial charge in [-0.3, -0.25) is 4.68 Å². The fraction of sp³-hybridized carbons (Fsp3) is 0.786. The lowest BCUT2D eigenvalue weighted by Gasteiger charge is -2.44. The Morgan fingerprint density at radius 2 is 2.10 bits per heavy atom. The Morgan fingerprint density at radius 3 is 2.52 bits per heavy atom. The molecule has 0 saturated heterocycles. The van der Waals surface area contributed by atoms with Crippen LogP contribution in [0.25, 0.3) is 0 Å². The molecule has 0 amide bonds. The van der Waals surface area contributed by atoms with E-state index < -0.39 is 15.6 Å². The summed E-state index contributed by atoms with van der Waals surface area (Å²) < 4.78 is 28.6. The highest BCUT2D eigenvalue weighted by molar-refractivity contribution is 7.89. The third kappa shape index (κ3) is 2.86. The topological polar surface area (TPSA) is 81.2 Å². The van der Waals surface area contributed by atoms with Gasteiger partial charge in [-0.15, -0.1) is 0 Å². The predicted octanol–water partition coefficient (Wildman–Crippen LogP) is 1.34. The number of rotatable bonds is 5. The second-order valence-corrected chi connectivity index (χ2v) is 7.96. The van der Waals surface area contributed by atoms with Crippen LogP contribution in [0, 0.1) is 5.92 Å². The molecular formula is C14H26N4O2S. The molecule has 120 valence electrons. The average Bonchev–Trinajstić information content (AvgIpc) is 2.93. The van der Waals surface area contributed by atoms with Crippen molar-refractivity contribution >= 4 is 10.0 Å². The molecule has 1 heterocycles. The quantitative estimate of drug-likeness (QED) is 0.889. The van der Waals surface area contributed by atoms with E-state index in [0.29, 0.717) is 12.5 Å². The lowest BCUT2D eigenvalue weighted by Crippen LogP contribution is -2.56. The van der Waals surface area contributed by atoms with E-state index in [9.17, 15) is 8.42 Å². The zero-order chi connectivity index (χ0) is 15.7. The zero-order valence-electron chi connectivity index (χ0n) is 13.1. The van der Waals surface area contributed by atoms with Crippen molar-refractivity contribution in [1.29, 1.82) is 0 Å². The van der Waals surface area contributed by atoms with E-state index in [1.807, 2.05) is 0 Å². The van der Waals surface area contributed by atoms with Crippen molar-refractivity contribution in [2.45, 2.75) is 49.6 Å². The largest absolute Gasteiger partial charge is 0.329 e. The van der Waals surface area contributed by atoms with Crippen molar-refractivity contribution in [2.24, 2.45) is 18.7 Å². The van der Waals surface area contributed by atoms with Crippen LogP contribution in [0.1, 0.15) is 39.0 Å². The van der Waals surface area contributed by atoms with Gasteiger partial charge in [0.05, 0.1) is 6.20 Å². The van der Waals surface area contributed by atoms with Gasteiger partial charge >= 0.3 is 0 Å². The number of hydrogen-bond donors (Lipinski definition) is 1. The molecule has 1 fully saturated rings. The summed E-state index contributed by atoms with van der Waals surface area (Å²) in [5.74, 6) is 0.692. The van der Waals surface area contributed by atoms with Gasteiger partial charge in [-0.2, -0.15) is 9.40 Å². The Hall–Kier alpha value is -0.920. The van der Waals surface area contributed by atoms with Gasteiger partial charge in [-0.25, -0.2) is 8.42 Å². The number of nitrogens with zero attached hydrogens (tertiary/aromatic N) is 3. The molecule has 1 saturated carbocycles. The SMILES string of the molecule is CCC1CCC(CN)(N(C)S(=O)(=O)c2ccnn2C)CC1. The Balaban J connectivity index is 2.29. The molecular weight excluding hydrogens is 288 g/mol. The molecule has 1 aliphatic rings. The van der Waals surface area contributed by atoms with Crippen molar-refractivity contribution in [1.82, 2.24) is 14.1 Å². The van der Waals surface area contributed by atoms with Crippen molar-refractivity contribution in [3.63, 3.8) is 0 Å². The van der Waals surface area contributed by atoms with Gasteiger partial charge in [-0.1, -0.05) is 13.3 Å². The summed E-state index contributed by atoms with van der Waals surface area (Å²) in [5.41, 5.74) is 5.52. The van der Waals surface area contributed by atoms with Crippen LogP contribution in [0.4, 0.5) is 0 Å². The molecule has 1 aliphatic carbocycles. The molecule has 0 spiro atoms. The molecule has 0 bridgehead atoms. The van der Waals surface area contributed by atoms with Crippen molar-refractivity contribution < 1.29 is 8.42 Å². The molecule has 0 atom stereocenters. The van der Waals surface area contributed by atoms with Gasteiger partial charge in [0.15, 0.2) is 5.03 Å². The Labute approximate surface area is 127 Å². The highest BCUT2D eigenvalue weighted by Gasteiger charge is 2.43. The smallest absolute Gasteiger partial charge is 0.260 e. The minimum atomic E-state index is -3.57. The van der Waals surface area contributed by atoms with Crippen LogP contribution in [-0.2, 0) is 17.1 Å². The molecule has 2 N–H and O–H groups in total. The summed E-state index contributed by atoms with van der Waals surface area (Å²) in [4.78, 5) is 0. The molecule has 1 aromatic heterocycles. The molecule has 0 aromatic carbocycles. The van der Waals surface area contributed by atoms with E-state index in [4.69, 9.17) is 5.73 Å². The van der Waals surface area contributed by atoms with Crippen LogP contribution < -0.4 is 5.73 Å². The van der Waals surface area contributed by atoms with Crippen LogP contribution in [-0.4, -0.2) is 41.6 Å². The van der Waals surface area contributed by atoms with E-state index in [0.717, 1.165) is 32.1 Å². The molecule has 0 aliphatic heterocycles. The van der Waals surface area contributed by atoms with Crippen molar-refractivity contribution in [3.8, 4) is 0 Å². The normalized spacial score (nSPS) is 27.2. The van der Waals surface area contributed by atoms with Crippen molar-refractivity contribution in [2.75, 3.05) is 13.6 Å². The van der Waals surface area contributed by atoms with Gasteiger partial charge in [-0.05, 0) is 37.7 Å². The van der Waals surface area contributed by atoms with E-state index in [2.05, 4.69) is 12.0 Å². The minimum Gasteiger partial charge on any atom is -0.329 e. The van der Waals surface area contributed by atoms with Gasteiger partial charge < -0.3 is 5.73 Å². The van der Waals surface area contributed by atoms with Crippen LogP contribution >= 0.6 is 0 Å². The highest BCUT2D eigenvalue weighted by Crippen LogP contribution is 2.38. The zero-order valence-corrected chi connectivity index (χ0v) is 13.9. The van der Waals surface area contributed by atoms with E-state index >= 15 is 0 Å². The van der Waals surface area contributed by atoms with Crippen LogP contribution in [0.5, 0.6) is 0 Å². The second kappa shape index (κ2) is 6.06. The Morgan fingerprint density at radius 1 is 1.48 bits per heavy atom. The van der Waals surface area contributed by atoms with Gasteiger partial charge in [0.1, 0.15) is 0 Å². The summed E-state index contributed by atoms with van der Waals surface area (Å²) >= 11 is 0. The lowest BCUT2D eigenvalue weighted by molar-refractivity contribution is 0.128. The van der Waals surface area contributed by atoms with Gasteiger partial charge in [0.25, 0.3) is 10.0 Å². The van der Waals surface area contributed by atoms with Crippen LogP contribution in [0.15, 0.2) is 17.3 Å². The number of aromatic nitrogens is 2. The van der Waals surface area contributed by atoms with Crippen LogP contribution in [0.2, 0.25) is 0 Å². The fourth-order valence-corrected chi connectivity index (χ4v) is 4.94. The number of hydrogen-bond acceptors (Lipinski definition) is 4. The molecule has 0 unspecified atom stereocenters. The Bertz CT molecular complexity index is 574. The first kappa shape index (κ1) is 16.5. The number of sulfonamides is 1. The molecule has 7 heteroatoms. The Kier molecular flexibility index (Phi) is 4.75. The van der Waals surface area contributed by atoms with E-state index in [1.54, 1.807) is 14.1 Å². The summed E-state index contributed by atoms with van der Waals surface area (Å²) in [7, 11) is -0.270. The summed E-state index contributed by atoms with van der Waals surface area (Å²) in [6, 6.07) is 1.54. The molecule has 1 aromatic rings. The third-order valence-electron chi connectivity index (χ3n) is 5.06. The molecule has 2 rings (SSSR count). The van der Waals surface area contributed by atoms with Gasteiger partial charge in [0, 0.05) is 26.2 Å². The maximum absolute atomic E-state index is 12.8. The standard InChI is InChI=1S/C14H26N4O2S/c1-4-12-5-8-14(11-15,9-6-12)18(3)21(19,20)13-7-10-16-17(13)2/h7,10,12H,4-6,8-9,11,15H2,1-3H3. The minimum absolute atomic E-state index is 0.218. The summed E-state index contributed by atoms with van der Waals surface area (Å²) in [6.45, 7) is 2.55. The monoisotopic (exact) mass is 314 g/mol. The first-order chi connectivity index (χ1) is 9.87. The van der Waals surface area contributed by atoms with E-state index in [1.165, 1.54) is 21.3 Å². The second-order valence-electron chi connectivity index (χ2n) is 6.05. The maximum atomic E-state index is 12.8. The van der Waals surface area contributed by atoms with Gasteiger partial charge in [0.2, 0.25) is 0 Å². The lowest BCUT2D eigenvalue weighted by atomic mass is 9.75. The molecule has 0 radical (unpaired) electrons. The third-order valence-corrected chi connectivity index (χ3v) is 7.10. The van der Waals surface area contributed by atoms with E-state index in [-0.39, 0.29) is 5.03 Å². The average molecular weight is 314 g/mol. The van der Waals surface area contributed by atoms with Crippen LogP contribution in [0.3, 0.4) is 0 Å². The first-order valence-corrected chi connectivity index (χ1v) is 8.98. The first-order valence-electron chi connectivity index (χ1n) is 7.54. The molecule has 6 nitrogen and oxygen atoms in total. The molecule has 21 heavy (non-hydrogen) atoms. The maximum Gasteiger partial charge on any atom is 0.260 e. The number of aryl methyl sites for hydroxylation is 1. The summed E-state index contributed by atoms with van der Waals surface area (Å²) in [6.07, 6.45) is 6.39. The highest BCUT2D eigenvalue weighted by atomic mass is 32.2. The summed E-state index contributed by atoms with van der Waals surface area (Å²) in [5, 5.41) is 4.18. The number of likely N-dealkylation sites (N-methyl/N-ethyl adjacent to an activating group) is 1.